The minimum Gasteiger partial charge on any atom is -0.366 e. The molecule has 0 spiro atoms. The van der Waals surface area contributed by atoms with Crippen molar-refractivity contribution in [2.24, 2.45) is 0 Å². The minimum absolute atomic E-state index is 0.0470. The first-order valence-electron chi connectivity index (χ1n) is 6.62. The maximum Gasteiger partial charge on any atom is 0.254 e. The fourth-order valence-electron chi connectivity index (χ4n) is 2.17. The molecule has 6 nitrogen and oxygen atoms in total. The zero-order valence-corrected chi connectivity index (χ0v) is 12.0. The van der Waals surface area contributed by atoms with Crippen LogP contribution < -0.4 is 0 Å². The minimum atomic E-state index is -0.247. The number of hydrogen-bond acceptors (Lipinski definition) is 5. The summed E-state index contributed by atoms with van der Waals surface area (Å²) in [5.74, 6) is 1.51. The lowest BCUT2D eigenvalue weighted by Crippen LogP contribution is -2.42. The normalized spacial score (nSPS) is 19.2. The number of aromatic nitrogens is 3. The molecule has 106 valence electrons. The number of carbonyl (C=O) groups excluding carboxylic acids is 1. The van der Waals surface area contributed by atoms with Crippen molar-refractivity contribution in [1.82, 2.24) is 20.1 Å². The van der Waals surface area contributed by atoms with Gasteiger partial charge in [-0.1, -0.05) is 6.92 Å². The van der Waals surface area contributed by atoms with Gasteiger partial charge in [0.1, 0.15) is 11.9 Å². The van der Waals surface area contributed by atoms with Gasteiger partial charge in [0.25, 0.3) is 5.91 Å². The second-order valence-corrected chi connectivity index (χ2v) is 5.40. The molecule has 2 aromatic heterocycles. The summed E-state index contributed by atoms with van der Waals surface area (Å²) in [5, 5.41) is 10.8. The van der Waals surface area contributed by atoms with Crippen LogP contribution in [0.15, 0.2) is 16.8 Å². The van der Waals surface area contributed by atoms with Crippen molar-refractivity contribution < 1.29 is 9.53 Å². The highest BCUT2D eigenvalue weighted by Gasteiger charge is 2.28. The van der Waals surface area contributed by atoms with E-state index >= 15 is 0 Å². The Kier molecular flexibility index (Phi) is 3.79. The molecule has 0 saturated carbocycles. The summed E-state index contributed by atoms with van der Waals surface area (Å²) < 4.78 is 5.68. The number of nitrogens with zero attached hydrogens (tertiary/aromatic N) is 3. The molecule has 0 radical (unpaired) electrons. The Labute approximate surface area is 120 Å². The van der Waals surface area contributed by atoms with Crippen molar-refractivity contribution in [2.45, 2.75) is 19.4 Å². The van der Waals surface area contributed by atoms with Crippen LogP contribution >= 0.6 is 11.3 Å². The van der Waals surface area contributed by atoms with E-state index in [1.54, 1.807) is 4.90 Å². The van der Waals surface area contributed by atoms with E-state index in [-0.39, 0.29) is 12.0 Å². The lowest BCUT2D eigenvalue weighted by Gasteiger charge is -2.31. The molecular weight excluding hydrogens is 276 g/mol. The molecule has 1 aliphatic heterocycles. The number of morpholine rings is 1. The highest BCUT2D eigenvalue weighted by Crippen LogP contribution is 2.21. The number of rotatable bonds is 3. The molecule has 1 atom stereocenters. The molecule has 1 N–H and O–H groups in total. The van der Waals surface area contributed by atoms with Gasteiger partial charge in [-0.2, -0.15) is 16.4 Å². The Morgan fingerprint density at radius 1 is 1.65 bits per heavy atom. The predicted molar refractivity (Wildman–Crippen MR) is 74.7 cm³/mol. The van der Waals surface area contributed by atoms with Crippen LogP contribution in [0.3, 0.4) is 0 Å². The van der Waals surface area contributed by atoms with Crippen molar-refractivity contribution >= 4 is 17.2 Å². The Morgan fingerprint density at radius 3 is 3.25 bits per heavy atom. The van der Waals surface area contributed by atoms with E-state index in [9.17, 15) is 4.79 Å². The lowest BCUT2D eigenvalue weighted by molar-refractivity contribution is -0.0266. The Hall–Kier alpha value is -1.73. The zero-order chi connectivity index (χ0) is 13.9. The Bertz CT molecular complexity index is 581. The van der Waals surface area contributed by atoms with Crippen molar-refractivity contribution in [2.75, 3.05) is 19.7 Å². The van der Waals surface area contributed by atoms with Gasteiger partial charge in [-0.3, -0.25) is 9.89 Å². The summed E-state index contributed by atoms with van der Waals surface area (Å²) in [5.41, 5.74) is 0.736. The molecule has 3 heterocycles. The molecule has 20 heavy (non-hydrogen) atoms. The Balaban J connectivity index is 1.71. The number of nitrogens with one attached hydrogen (secondary N) is 1. The Morgan fingerprint density at radius 2 is 2.55 bits per heavy atom. The summed E-state index contributed by atoms with van der Waals surface area (Å²) in [7, 11) is 0. The van der Waals surface area contributed by atoms with Gasteiger partial charge in [0.05, 0.1) is 18.7 Å². The van der Waals surface area contributed by atoms with Crippen molar-refractivity contribution in [3.63, 3.8) is 0 Å². The third-order valence-corrected chi connectivity index (χ3v) is 3.98. The number of aryl methyl sites for hydroxylation is 1. The summed E-state index contributed by atoms with van der Waals surface area (Å²) in [6, 6.07) is 1.85. The van der Waals surface area contributed by atoms with E-state index in [1.165, 1.54) is 11.3 Å². The zero-order valence-electron chi connectivity index (χ0n) is 11.2. The van der Waals surface area contributed by atoms with Gasteiger partial charge in [0.15, 0.2) is 5.82 Å². The number of ether oxygens (including phenoxy) is 1. The van der Waals surface area contributed by atoms with Gasteiger partial charge in [-0.25, -0.2) is 4.98 Å². The molecule has 2 aromatic rings. The smallest absolute Gasteiger partial charge is 0.254 e. The first-order valence-corrected chi connectivity index (χ1v) is 7.56. The van der Waals surface area contributed by atoms with Gasteiger partial charge >= 0.3 is 0 Å². The fraction of sp³-hybridized carbons (Fsp3) is 0.462. The molecule has 1 aliphatic rings. The average molecular weight is 292 g/mol. The van der Waals surface area contributed by atoms with Crippen LogP contribution in [0, 0.1) is 0 Å². The number of thiophene rings is 1. The van der Waals surface area contributed by atoms with E-state index in [2.05, 4.69) is 15.2 Å². The van der Waals surface area contributed by atoms with Crippen LogP contribution in [-0.2, 0) is 11.2 Å². The predicted octanol–water partition coefficient (Wildman–Crippen LogP) is 1.64. The van der Waals surface area contributed by atoms with Crippen LogP contribution in [-0.4, -0.2) is 45.7 Å². The van der Waals surface area contributed by atoms with Crippen molar-refractivity contribution in [3.05, 3.63) is 34.0 Å². The first-order chi connectivity index (χ1) is 9.78. The third-order valence-electron chi connectivity index (χ3n) is 3.29. The summed E-state index contributed by atoms with van der Waals surface area (Å²) in [6.45, 7) is 3.63. The van der Waals surface area contributed by atoms with E-state index in [1.807, 2.05) is 23.8 Å². The molecule has 3 rings (SSSR count). The van der Waals surface area contributed by atoms with Gasteiger partial charge < -0.3 is 9.64 Å². The van der Waals surface area contributed by atoms with E-state index in [0.29, 0.717) is 25.5 Å². The average Bonchev–Trinajstić information content (AvgIpc) is 3.17. The molecule has 1 saturated heterocycles. The van der Waals surface area contributed by atoms with Crippen molar-refractivity contribution in [1.29, 1.82) is 0 Å². The van der Waals surface area contributed by atoms with Gasteiger partial charge in [-0.05, 0) is 11.4 Å². The number of hydrogen-bond donors (Lipinski definition) is 1. The first kappa shape index (κ1) is 13.3. The molecular formula is C13H16N4O2S. The van der Waals surface area contributed by atoms with Gasteiger partial charge in [-0.15, -0.1) is 0 Å². The molecule has 0 aromatic carbocycles. The van der Waals surface area contributed by atoms with Crippen LogP contribution in [0.2, 0.25) is 0 Å². The SMILES string of the molecule is CCc1nc([C@@H]2CN(C(=O)c3ccsc3)CCO2)n[nH]1. The standard InChI is InChI=1S/C13H16N4O2S/c1-2-11-14-12(16-15-11)10-7-17(4-5-19-10)13(18)9-3-6-20-8-9/h3,6,8,10H,2,4-5,7H2,1H3,(H,14,15,16)/t10-/m0/s1. The largest absolute Gasteiger partial charge is 0.366 e. The molecule has 0 bridgehead atoms. The summed E-state index contributed by atoms with van der Waals surface area (Å²) >= 11 is 1.53. The molecule has 0 aliphatic carbocycles. The number of carbonyl (C=O) groups is 1. The number of aromatic amines is 1. The molecule has 1 amide bonds. The van der Waals surface area contributed by atoms with Crippen LogP contribution in [0.1, 0.15) is 35.0 Å². The maximum absolute atomic E-state index is 12.3. The summed E-state index contributed by atoms with van der Waals surface area (Å²) in [4.78, 5) is 18.5. The van der Waals surface area contributed by atoms with Gasteiger partial charge in [0, 0.05) is 18.3 Å². The second-order valence-electron chi connectivity index (χ2n) is 4.62. The van der Waals surface area contributed by atoms with Gasteiger partial charge in [0.2, 0.25) is 0 Å². The highest BCUT2D eigenvalue weighted by atomic mass is 32.1. The second kappa shape index (κ2) is 5.72. The quantitative estimate of drug-likeness (QED) is 0.933. The van der Waals surface area contributed by atoms with Crippen LogP contribution in [0.25, 0.3) is 0 Å². The maximum atomic E-state index is 12.3. The highest BCUT2D eigenvalue weighted by molar-refractivity contribution is 7.08. The molecule has 7 heteroatoms. The topological polar surface area (TPSA) is 71.1 Å². The molecule has 1 fully saturated rings. The van der Waals surface area contributed by atoms with Crippen LogP contribution in [0.4, 0.5) is 0 Å². The van der Waals surface area contributed by atoms with Crippen molar-refractivity contribution in [3.8, 4) is 0 Å². The van der Waals surface area contributed by atoms with Crippen LogP contribution in [0.5, 0.6) is 0 Å². The number of H-pyrrole nitrogens is 1. The number of amides is 1. The molecule has 0 unspecified atom stereocenters. The van der Waals surface area contributed by atoms with E-state index in [0.717, 1.165) is 17.8 Å². The third kappa shape index (κ3) is 2.59. The lowest BCUT2D eigenvalue weighted by atomic mass is 10.2. The van der Waals surface area contributed by atoms with E-state index < -0.39 is 0 Å². The van der Waals surface area contributed by atoms with E-state index in [4.69, 9.17) is 4.74 Å². The summed E-state index contributed by atoms with van der Waals surface area (Å²) in [6.07, 6.45) is 0.556. The fourth-order valence-corrected chi connectivity index (χ4v) is 2.80. The monoisotopic (exact) mass is 292 g/mol.